The number of nitrogens with zero attached hydrogens (tertiary/aromatic N) is 5. The molecule has 29 heavy (non-hydrogen) atoms. The van der Waals surface area contributed by atoms with Crippen LogP contribution in [0, 0.1) is 0 Å². The van der Waals surface area contributed by atoms with Crippen LogP contribution in [0.3, 0.4) is 0 Å². The molecule has 0 saturated heterocycles. The first-order chi connectivity index (χ1) is 14.0. The van der Waals surface area contributed by atoms with Crippen LogP contribution in [0.1, 0.15) is 15.9 Å². The molecule has 0 aliphatic heterocycles. The van der Waals surface area contributed by atoms with Gasteiger partial charge in [-0.05, 0) is 23.2 Å². The first-order valence-corrected chi connectivity index (χ1v) is 9.70. The molecule has 0 aliphatic rings. The molecule has 2 aromatic carbocycles. The number of hydrogen-bond acceptors (Lipinski definition) is 8. The van der Waals surface area contributed by atoms with Gasteiger partial charge in [0.05, 0.1) is 11.1 Å². The average Bonchev–Trinajstić information content (AvgIpc) is 3.17. The van der Waals surface area contributed by atoms with Gasteiger partial charge in [-0.3, -0.25) is 4.79 Å². The van der Waals surface area contributed by atoms with Crippen LogP contribution in [0.4, 0.5) is 11.9 Å². The Morgan fingerprint density at radius 2 is 1.86 bits per heavy atom. The maximum atomic E-state index is 11.7. The summed E-state index contributed by atoms with van der Waals surface area (Å²) in [5.41, 5.74) is 7.54. The highest BCUT2D eigenvalue weighted by Crippen LogP contribution is 2.33. The Balaban J connectivity index is 1.75. The molecule has 4 aromatic rings. The van der Waals surface area contributed by atoms with Gasteiger partial charge in [-0.15, -0.1) is 0 Å². The Labute approximate surface area is 171 Å². The van der Waals surface area contributed by atoms with Crippen molar-refractivity contribution in [1.29, 1.82) is 0 Å². The van der Waals surface area contributed by atoms with Gasteiger partial charge in [-0.25, -0.2) is 0 Å². The van der Waals surface area contributed by atoms with Gasteiger partial charge in [0.2, 0.25) is 11.9 Å². The van der Waals surface area contributed by atoms with Gasteiger partial charge in [-0.2, -0.15) is 19.3 Å². The summed E-state index contributed by atoms with van der Waals surface area (Å²) in [6, 6.07) is 15.3. The third kappa shape index (κ3) is 3.85. The molecule has 0 aliphatic carbocycles. The molecule has 0 radical (unpaired) electrons. The number of benzene rings is 2. The lowest BCUT2D eigenvalue weighted by Crippen LogP contribution is -2.15. The predicted molar refractivity (Wildman–Crippen MR) is 115 cm³/mol. The van der Waals surface area contributed by atoms with E-state index < -0.39 is 5.91 Å². The number of anilines is 2. The van der Waals surface area contributed by atoms with Crippen LogP contribution in [-0.2, 0) is 6.54 Å². The van der Waals surface area contributed by atoms with Crippen LogP contribution in [0.5, 0.6) is 0 Å². The van der Waals surface area contributed by atoms with Crippen LogP contribution >= 0.6 is 11.5 Å². The predicted octanol–water partition coefficient (Wildman–Crippen LogP) is 2.93. The van der Waals surface area contributed by atoms with E-state index in [1.165, 1.54) is 11.5 Å². The smallest absolute Gasteiger partial charge is 0.250 e. The Morgan fingerprint density at radius 1 is 1.07 bits per heavy atom. The van der Waals surface area contributed by atoms with Gasteiger partial charge in [0.15, 0.2) is 5.82 Å². The number of fused-ring (bicyclic) bond motifs is 1. The van der Waals surface area contributed by atoms with Gasteiger partial charge in [0, 0.05) is 26.0 Å². The molecule has 0 atom stereocenters. The molecule has 0 fully saturated rings. The quantitative estimate of drug-likeness (QED) is 0.507. The number of amides is 1. The minimum absolute atomic E-state index is 0.384. The number of rotatable bonds is 6. The lowest BCUT2D eigenvalue weighted by Gasteiger charge is -2.13. The van der Waals surface area contributed by atoms with Crippen LogP contribution < -0.4 is 16.0 Å². The monoisotopic (exact) mass is 405 g/mol. The fourth-order valence-electron chi connectivity index (χ4n) is 2.85. The summed E-state index contributed by atoms with van der Waals surface area (Å²) in [7, 11) is 3.74. The van der Waals surface area contributed by atoms with E-state index in [1.807, 2.05) is 55.4 Å². The zero-order chi connectivity index (χ0) is 20.4. The number of nitrogens with two attached hydrogens (primary N) is 1. The Hall–Kier alpha value is -3.59. The third-order valence-electron chi connectivity index (χ3n) is 4.29. The van der Waals surface area contributed by atoms with Crippen LogP contribution in [0.2, 0.25) is 0 Å². The molecule has 0 spiro atoms. The first kappa shape index (κ1) is 18.8. The van der Waals surface area contributed by atoms with E-state index in [9.17, 15) is 4.79 Å². The van der Waals surface area contributed by atoms with Gasteiger partial charge in [-0.1, -0.05) is 42.5 Å². The number of hydrogen-bond donors (Lipinski definition) is 2. The van der Waals surface area contributed by atoms with Crippen molar-refractivity contribution in [3.05, 3.63) is 59.7 Å². The van der Waals surface area contributed by atoms with Crippen molar-refractivity contribution in [3.8, 4) is 10.7 Å². The van der Waals surface area contributed by atoms with E-state index in [0.717, 1.165) is 15.8 Å². The summed E-state index contributed by atoms with van der Waals surface area (Å²) in [5, 5.41) is 4.05. The SMILES string of the molecule is CN(C)c1nc(NCc2ccccc2)nc(-c2snc3c(C(N)=O)cccc23)n1. The molecule has 2 heterocycles. The van der Waals surface area contributed by atoms with E-state index in [4.69, 9.17) is 5.73 Å². The van der Waals surface area contributed by atoms with Crippen molar-refractivity contribution in [1.82, 2.24) is 19.3 Å². The minimum atomic E-state index is -0.512. The Morgan fingerprint density at radius 3 is 2.59 bits per heavy atom. The highest BCUT2D eigenvalue weighted by molar-refractivity contribution is 7.11. The third-order valence-corrected chi connectivity index (χ3v) is 5.15. The number of primary amides is 1. The molecule has 8 nitrogen and oxygen atoms in total. The van der Waals surface area contributed by atoms with E-state index >= 15 is 0 Å². The first-order valence-electron chi connectivity index (χ1n) is 8.92. The lowest BCUT2D eigenvalue weighted by molar-refractivity contribution is 0.100. The van der Waals surface area contributed by atoms with Crippen LogP contribution in [0.25, 0.3) is 21.6 Å². The minimum Gasteiger partial charge on any atom is -0.366 e. The Kier molecular flexibility index (Phi) is 5.05. The van der Waals surface area contributed by atoms with E-state index in [2.05, 4.69) is 24.6 Å². The zero-order valence-corrected chi connectivity index (χ0v) is 16.8. The van der Waals surface area contributed by atoms with Crippen LogP contribution in [-0.4, -0.2) is 39.3 Å². The molecule has 1 amide bonds. The Bertz CT molecular complexity index is 1170. The molecule has 0 bridgehead atoms. The molecule has 4 rings (SSSR count). The van der Waals surface area contributed by atoms with Crippen LogP contribution in [0.15, 0.2) is 48.5 Å². The molecular formula is C20H19N7OS. The van der Waals surface area contributed by atoms with Crippen molar-refractivity contribution in [3.63, 3.8) is 0 Å². The fraction of sp³-hybridized carbons (Fsp3) is 0.150. The van der Waals surface area contributed by atoms with Gasteiger partial charge >= 0.3 is 0 Å². The van der Waals surface area contributed by atoms with Crippen molar-refractivity contribution in [2.75, 3.05) is 24.3 Å². The fourth-order valence-corrected chi connectivity index (χ4v) is 3.66. The highest BCUT2D eigenvalue weighted by atomic mass is 32.1. The number of aromatic nitrogens is 4. The summed E-state index contributed by atoms with van der Waals surface area (Å²) >= 11 is 1.23. The summed E-state index contributed by atoms with van der Waals surface area (Å²) in [4.78, 5) is 27.9. The van der Waals surface area contributed by atoms with Crippen molar-refractivity contribution < 1.29 is 4.79 Å². The van der Waals surface area contributed by atoms with Gasteiger partial charge in [0.1, 0.15) is 4.88 Å². The topological polar surface area (TPSA) is 110 Å². The highest BCUT2D eigenvalue weighted by Gasteiger charge is 2.18. The van der Waals surface area contributed by atoms with E-state index in [1.54, 1.807) is 12.1 Å². The maximum absolute atomic E-state index is 11.7. The molecule has 0 saturated carbocycles. The second-order valence-corrected chi connectivity index (χ2v) is 7.37. The van der Waals surface area contributed by atoms with Gasteiger partial charge in [0.25, 0.3) is 5.91 Å². The molecule has 2 aromatic heterocycles. The summed E-state index contributed by atoms with van der Waals surface area (Å²) in [5.74, 6) is 0.976. The second-order valence-electron chi connectivity index (χ2n) is 6.59. The zero-order valence-electron chi connectivity index (χ0n) is 16.0. The molecule has 9 heteroatoms. The molecule has 3 N–H and O–H groups in total. The van der Waals surface area contributed by atoms with Crippen molar-refractivity contribution >= 4 is 40.2 Å². The number of carbonyl (C=O) groups is 1. The van der Waals surface area contributed by atoms with Crippen molar-refractivity contribution in [2.24, 2.45) is 5.73 Å². The summed E-state index contributed by atoms with van der Waals surface area (Å²) in [6.07, 6.45) is 0. The molecular weight excluding hydrogens is 386 g/mol. The second kappa shape index (κ2) is 7.80. The van der Waals surface area contributed by atoms with E-state index in [-0.39, 0.29) is 0 Å². The summed E-state index contributed by atoms with van der Waals surface area (Å²) in [6.45, 7) is 0.590. The largest absolute Gasteiger partial charge is 0.366 e. The lowest BCUT2D eigenvalue weighted by atomic mass is 10.1. The maximum Gasteiger partial charge on any atom is 0.250 e. The van der Waals surface area contributed by atoms with Crippen molar-refractivity contribution in [2.45, 2.75) is 6.54 Å². The summed E-state index contributed by atoms with van der Waals surface area (Å²) < 4.78 is 4.42. The number of carbonyl (C=O) groups excluding carboxylic acids is 1. The molecule has 146 valence electrons. The standard InChI is InChI=1S/C20H19N7OS/c1-27(2)20-24-18(23-19(25-20)22-11-12-7-4-3-5-8-12)16-13-9-6-10-14(17(21)28)15(13)26-29-16/h3-10H,11H2,1-2H3,(H2,21,28)(H,22,23,24,25). The average molecular weight is 405 g/mol. The normalized spacial score (nSPS) is 10.8. The number of nitrogens with one attached hydrogen (secondary N) is 1. The van der Waals surface area contributed by atoms with E-state index in [0.29, 0.717) is 35.3 Å². The van der Waals surface area contributed by atoms with Gasteiger partial charge < -0.3 is 16.0 Å². The molecule has 0 unspecified atom stereocenters.